The summed E-state index contributed by atoms with van der Waals surface area (Å²) in [6.45, 7) is 5.36. The molecule has 5 aromatic carbocycles. The Labute approximate surface area is 167 Å². The molecular weight excluding hydrogens is 360 g/mol. The zero-order valence-corrected chi connectivity index (χ0v) is 17.2. The van der Waals surface area contributed by atoms with Gasteiger partial charge in [0, 0.05) is 13.2 Å². The quantitative estimate of drug-likeness (QED) is 0.169. The number of benzene rings is 5. The predicted octanol–water partition coefficient (Wildman–Crippen LogP) is 5.42. The fourth-order valence-corrected chi connectivity index (χ4v) is 5.63. The molecule has 5 aromatic rings. The van der Waals surface area contributed by atoms with Gasteiger partial charge in [-0.3, -0.25) is 0 Å². The van der Waals surface area contributed by atoms with E-state index in [4.69, 9.17) is 9.47 Å². The second-order valence-electron chi connectivity index (χ2n) is 6.99. The van der Waals surface area contributed by atoms with Crippen molar-refractivity contribution in [2.75, 3.05) is 13.2 Å². The summed E-state index contributed by atoms with van der Waals surface area (Å²) in [4.78, 5) is 0. The zero-order chi connectivity index (χ0) is 19.1. The number of rotatable bonds is 6. The highest BCUT2D eigenvalue weighted by Crippen LogP contribution is 2.39. The van der Waals surface area contributed by atoms with Crippen molar-refractivity contribution in [3.63, 3.8) is 0 Å². The van der Waals surface area contributed by atoms with Crippen molar-refractivity contribution in [2.24, 2.45) is 0 Å². The van der Waals surface area contributed by atoms with Crippen LogP contribution in [-0.2, 0) is 9.47 Å². The monoisotopic (exact) mass is 382 g/mol. The molecule has 0 unspecified atom stereocenters. The van der Waals surface area contributed by atoms with Gasteiger partial charge in [0.25, 0.3) is 0 Å². The molecule has 2 nitrogen and oxygen atoms in total. The lowest BCUT2D eigenvalue weighted by atomic mass is 9.90. The molecule has 138 valence electrons. The summed E-state index contributed by atoms with van der Waals surface area (Å²) < 4.78 is 11.7. The standard InChI is InChI=1S/C25H22O2Si/c1-3-26-25(27-4-2)28-22-15-14-20-18-11-6-9-16-8-5-10-17(23(16)18)19-12-7-13-21(22)24(19)20/h5-15,25H,3-4H2,1-2H3. The zero-order valence-electron chi connectivity index (χ0n) is 16.2. The van der Waals surface area contributed by atoms with E-state index in [1.165, 1.54) is 48.3 Å². The maximum Gasteiger partial charge on any atom is 0.157 e. The maximum absolute atomic E-state index is 5.83. The van der Waals surface area contributed by atoms with Gasteiger partial charge in [-0.15, -0.1) is 0 Å². The van der Waals surface area contributed by atoms with E-state index in [-0.39, 0.29) is 5.91 Å². The van der Waals surface area contributed by atoms with Crippen LogP contribution in [0.15, 0.2) is 66.7 Å². The average molecular weight is 383 g/mol. The maximum atomic E-state index is 5.83. The van der Waals surface area contributed by atoms with E-state index >= 15 is 0 Å². The van der Waals surface area contributed by atoms with Crippen molar-refractivity contribution in [1.82, 2.24) is 0 Å². The summed E-state index contributed by atoms with van der Waals surface area (Å²) in [5, 5.41) is 11.9. The minimum atomic E-state index is -0.175. The lowest BCUT2D eigenvalue weighted by Crippen LogP contribution is -2.33. The van der Waals surface area contributed by atoms with Crippen LogP contribution in [0, 0.1) is 0 Å². The van der Waals surface area contributed by atoms with E-state index in [1.807, 2.05) is 13.8 Å². The molecule has 0 heterocycles. The Morgan fingerprint density at radius 3 is 1.82 bits per heavy atom. The van der Waals surface area contributed by atoms with E-state index < -0.39 is 0 Å². The van der Waals surface area contributed by atoms with Gasteiger partial charge in [0.2, 0.25) is 0 Å². The Bertz CT molecular complexity index is 1220. The van der Waals surface area contributed by atoms with Gasteiger partial charge in [0.05, 0.1) is 0 Å². The van der Waals surface area contributed by atoms with Crippen LogP contribution in [0.4, 0.5) is 0 Å². The first-order valence-corrected chi connectivity index (χ1v) is 11.0. The van der Waals surface area contributed by atoms with Gasteiger partial charge >= 0.3 is 0 Å². The van der Waals surface area contributed by atoms with Gasteiger partial charge in [0.15, 0.2) is 9.52 Å². The fraction of sp³-hybridized carbons (Fsp3) is 0.200. The van der Waals surface area contributed by atoms with Gasteiger partial charge in [0.1, 0.15) is 5.91 Å². The van der Waals surface area contributed by atoms with Crippen LogP contribution in [0.3, 0.4) is 0 Å². The van der Waals surface area contributed by atoms with Crippen molar-refractivity contribution >= 4 is 57.8 Å². The highest BCUT2D eigenvalue weighted by atomic mass is 28.2. The van der Waals surface area contributed by atoms with Crippen LogP contribution in [0.25, 0.3) is 43.1 Å². The van der Waals surface area contributed by atoms with E-state index in [1.54, 1.807) is 0 Å². The van der Waals surface area contributed by atoms with Crippen molar-refractivity contribution < 1.29 is 9.47 Å². The summed E-state index contributed by atoms with van der Waals surface area (Å²) in [7, 11) is 0.461. The second kappa shape index (κ2) is 7.17. The molecule has 0 aliphatic heterocycles. The third-order valence-corrected chi connectivity index (χ3v) is 6.75. The lowest BCUT2D eigenvalue weighted by molar-refractivity contribution is -0.0817. The number of hydrogen-bond acceptors (Lipinski definition) is 2. The Balaban J connectivity index is 1.82. The van der Waals surface area contributed by atoms with Crippen molar-refractivity contribution in [2.45, 2.75) is 19.8 Å². The first kappa shape index (κ1) is 17.6. The van der Waals surface area contributed by atoms with E-state index in [0.717, 1.165) is 0 Å². The van der Waals surface area contributed by atoms with Crippen LogP contribution in [0.1, 0.15) is 13.8 Å². The minimum absolute atomic E-state index is 0.175. The molecule has 0 amide bonds. The third-order valence-electron chi connectivity index (χ3n) is 5.44. The fourth-order valence-electron chi connectivity index (χ4n) is 4.33. The minimum Gasteiger partial charge on any atom is -0.357 e. The van der Waals surface area contributed by atoms with Gasteiger partial charge in [-0.2, -0.15) is 0 Å². The molecule has 5 rings (SSSR count). The Kier molecular flexibility index (Phi) is 4.51. The Hall–Kier alpha value is -2.46. The number of fused-ring (bicyclic) bond motifs is 2. The normalized spacial score (nSPS) is 12.2. The summed E-state index contributed by atoms with van der Waals surface area (Å²) >= 11 is 0. The summed E-state index contributed by atoms with van der Waals surface area (Å²) in [5.41, 5.74) is 0. The van der Waals surface area contributed by atoms with Crippen molar-refractivity contribution in [3.05, 3.63) is 66.7 Å². The van der Waals surface area contributed by atoms with E-state index in [0.29, 0.717) is 22.7 Å². The molecule has 0 atom stereocenters. The van der Waals surface area contributed by atoms with Gasteiger partial charge in [-0.1, -0.05) is 71.9 Å². The average Bonchev–Trinajstić information content (AvgIpc) is 2.73. The topological polar surface area (TPSA) is 18.5 Å². The SMILES string of the molecule is CCOC(OCC)[Si]c1ccc2c3cccc4cccc(c5cccc1c52)c43. The van der Waals surface area contributed by atoms with Crippen LogP contribution in [0.5, 0.6) is 0 Å². The highest BCUT2D eigenvalue weighted by molar-refractivity contribution is 6.59. The molecule has 3 heteroatoms. The second-order valence-corrected chi connectivity index (χ2v) is 8.28. The van der Waals surface area contributed by atoms with Gasteiger partial charge < -0.3 is 9.47 Å². The van der Waals surface area contributed by atoms with E-state index in [9.17, 15) is 0 Å². The van der Waals surface area contributed by atoms with Crippen LogP contribution >= 0.6 is 0 Å². The van der Waals surface area contributed by atoms with Crippen LogP contribution in [0.2, 0.25) is 0 Å². The van der Waals surface area contributed by atoms with Gasteiger partial charge in [-0.05, 0) is 56.9 Å². The van der Waals surface area contributed by atoms with Gasteiger partial charge in [-0.25, -0.2) is 0 Å². The van der Waals surface area contributed by atoms with Crippen LogP contribution < -0.4 is 5.19 Å². The predicted molar refractivity (Wildman–Crippen MR) is 120 cm³/mol. The molecule has 28 heavy (non-hydrogen) atoms. The number of hydrogen-bond donors (Lipinski definition) is 0. The molecule has 2 radical (unpaired) electrons. The summed E-state index contributed by atoms with van der Waals surface area (Å²) in [6, 6.07) is 24.5. The molecule has 0 fully saturated rings. The smallest absolute Gasteiger partial charge is 0.157 e. The van der Waals surface area contributed by atoms with Crippen molar-refractivity contribution in [3.8, 4) is 0 Å². The highest BCUT2D eigenvalue weighted by Gasteiger charge is 2.17. The molecule has 0 spiro atoms. The molecule has 0 saturated carbocycles. The molecule has 0 aromatic heterocycles. The Morgan fingerprint density at radius 1 is 0.643 bits per heavy atom. The first-order valence-electron chi connectivity index (χ1n) is 9.89. The molecular formula is C25H22O2Si. The molecule has 0 aliphatic carbocycles. The van der Waals surface area contributed by atoms with E-state index in [2.05, 4.69) is 66.7 Å². The summed E-state index contributed by atoms with van der Waals surface area (Å²) in [5.74, 6) is -0.175. The molecule has 0 bridgehead atoms. The largest absolute Gasteiger partial charge is 0.357 e. The van der Waals surface area contributed by atoms with Crippen LogP contribution in [-0.4, -0.2) is 28.6 Å². The molecule has 0 saturated heterocycles. The first-order chi connectivity index (χ1) is 13.8. The third kappa shape index (κ3) is 2.70. The molecule has 0 N–H and O–H groups in total. The summed E-state index contributed by atoms with van der Waals surface area (Å²) in [6.07, 6.45) is 0. The number of ether oxygens (including phenoxy) is 2. The van der Waals surface area contributed by atoms with Crippen molar-refractivity contribution in [1.29, 1.82) is 0 Å². The lowest BCUT2D eigenvalue weighted by Gasteiger charge is -2.19. The molecule has 0 aliphatic rings. The Morgan fingerprint density at radius 2 is 1.18 bits per heavy atom.